The van der Waals surface area contributed by atoms with Gasteiger partial charge in [0.25, 0.3) is 0 Å². The molecule has 0 saturated heterocycles. The molecule has 0 amide bonds. The Kier molecular flexibility index (Phi) is 3.69. The zero-order valence-corrected chi connectivity index (χ0v) is 10.5. The molecule has 0 radical (unpaired) electrons. The molecular formula is C13H16ClN3. The molecule has 0 bridgehead atoms. The van der Waals surface area contributed by atoms with E-state index in [9.17, 15) is 0 Å². The summed E-state index contributed by atoms with van der Waals surface area (Å²) >= 11 is 6.25. The molecule has 2 rings (SSSR count). The van der Waals surface area contributed by atoms with Gasteiger partial charge in [0.1, 0.15) is 5.82 Å². The number of anilines is 1. The van der Waals surface area contributed by atoms with Gasteiger partial charge in [-0.2, -0.15) is 5.10 Å². The molecule has 0 aliphatic rings. The number of nitrogens with zero attached hydrogens (tertiary/aromatic N) is 1. The summed E-state index contributed by atoms with van der Waals surface area (Å²) in [7, 11) is 0. The standard InChI is InChI=1S/C13H16ClN3/c1-2-5-10(12-8-13(15)17-16-12)9-6-3-4-7-11(9)14/h3-4,6-8,10H,2,5H2,1H3,(H3,15,16,17). The first kappa shape index (κ1) is 12.0. The number of nitrogens with one attached hydrogen (secondary N) is 1. The molecule has 3 N–H and O–H groups in total. The minimum absolute atomic E-state index is 0.235. The highest BCUT2D eigenvalue weighted by atomic mass is 35.5. The molecule has 1 unspecified atom stereocenters. The summed E-state index contributed by atoms with van der Waals surface area (Å²) in [6.07, 6.45) is 2.10. The van der Waals surface area contributed by atoms with Gasteiger partial charge < -0.3 is 5.73 Å². The second-order valence-electron chi connectivity index (χ2n) is 4.11. The highest BCUT2D eigenvalue weighted by Crippen LogP contribution is 2.33. The first-order valence-electron chi connectivity index (χ1n) is 5.77. The van der Waals surface area contributed by atoms with E-state index in [4.69, 9.17) is 17.3 Å². The monoisotopic (exact) mass is 249 g/mol. The maximum atomic E-state index is 6.25. The lowest BCUT2D eigenvalue weighted by atomic mass is 9.91. The lowest BCUT2D eigenvalue weighted by Gasteiger charge is -2.16. The third kappa shape index (κ3) is 2.61. The lowest BCUT2D eigenvalue weighted by Crippen LogP contribution is -2.02. The maximum absolute atomic E-state index is 6.25. The number of H-pyrrole nitrogens is 1. The van der Waals surface area contributed by atoms with E-state index < -0.39 is 0 Å². The number of hydrogen-bond donors (Lipinski definition) is 2. The minimum Gasteiger partial charge on any atom is -0.382 e. The number of nitrogen functional groups attached to an aromatic ring is 1. The Morgan fingerprint density at radius 3 is 2.76 bits per heavy atom. The quantitative estimate of drug-likeness (QED) is 0.870. The average Bonchev–Trinajstić information content (AvgIpc) is 2.74. The largest absolute Gasteiger partial charge is 0.382 e. The van der Waals surface area contributed by atoms with E-state index in [1.54, 1.807) is 0 Å². The van der Waals surface area contributed by atoms with E-state index >= 15 is 0 Å². The fourth-order valence-electron chi connectivity index (χ4n) is 2.06. The molecule has 0 saturated carbocycles. The van der Waals surface area contributed by atoms with Crippen molar-refractivity contribution in [2.45, 2.75) is 25.7 Å². The Morgan fingerprint density at radius 1 is 1.41 bits per heavy atom. The third-order valence-corrected chi connectivity index (χ3v) is 3.20. The SMILES string of the molecule is CCCC(c1cc(N)n[nH]1)c1ccccc1Cl. The van der Waals surface area contributed by atoms with Crippen LogP contribution >= 0.6 is 11.6 Å². The smallest absolute Gasteiger partial charge is 0.145 e. The summed E-state index contributed by atoms with van der Waals surface area (Å²) in [5.41, 5.74) is 7.80. The number of hydrogen-bond acceptors (Lipinski definition) is 2. The summed E-state index contributed by atoms with van der Waals surface area (Å²) < 4.78 is 0. The van der Waals surface area contributed by atoms with Crippen LogP contribution in [0, 0.1) is 0 Å². The summed E-state index contributed by atoms with van der Waals surface area (Å²) in [5, 5.41) is 7.76. The van der Waals surface area contributed by atoms with Crippen molar-refractivity contribution in [3.05, 3.63) is 46.6 Å². The van der Waals surface area contributed by atoms with Crippen LogP contribution in [-0.2, 0) is 0 Å². The maximum Gasteiger partial charge on any atom is 0.145 e. The van der Waals surface area contributed by atoms with E-state index in [2.05, 4.69) is 23.2 Å². The van der Waals surface area contributed by atoms with Crippen molar-refractivity contribution in [1.82, 2.24) is 10.2 Å². The predicted octanol–water partition coefficient (Wildman–Crippen LogP) is 3.58. The van der Waals surface area contributed by atoms with Gasteiger partial charge in [-0.3, -0.25) is 5.10 Å². The van der Waals surface area contributed by atoms with E-state index in [1.807, 2.05) is 24.3 Å². The van der Waals surface area contributed by atoms with Gasteiger partial charge in [0.2, 0.25) is 0 Å². The Hall–Kier alpha value is -1.48. The van der Waals surface area contributed by atoms with Crippen LogP contribution in [0.1, 0.15) is 36.9 Å². The molecule has 3 nitrogen and oxygen atoms in total. The number of aromatic nitrogens is 2. The molecule has 17 heavy (non-hydrogen) atoms. The van der Waals surface area contributed by atoms with Crippen molar-refractivity contribution in [1.29, 1.82) is 0 Å². The van der Waals surface area contributed by atoms with E-state index in [1.165, 1.54) is 0 Å². The van der Waals surface area contributed by atoms with Crippen LogP contribution in [-0.4, -0.2) is 10.2 Å². The summed E-state index contributed by atoms with van der Waals surface area (Å²) in [5.74, 6) is 0.756. The third-order valence-electron chi connectivity index (χ3n) is 2.85. The zero-order chi connectivity index (χ0) is 12.3. The molecule has 0 aliphatic carbocycles. The van der Waals surface area contributed by atoms with Crippen molar-refractivity contribution < 1.29 is 0 Å². The second-order valence-corrected chi connectivity index (χ2v) is 4.52. The van der Waals surface area contributed by atoms with Crippen molar-refractivity contribution in [2.24, 2.45) is 0 Å². The van der Waals surface area contributed by atoms with E-state index in [0.717, 1.165) is 29.1 Å². The van der Waals surface area contributed by atoms with Crippen molar-refractivity contribution in [2.75, 3.05) is 5.73 Å². The van der Waals surface area contributed by atoms with Crippen LogP contribution in [0.15, 0.2) is 30.3 Å². The Morgan fingerprint density at radius 2 is 2.18 bits per heavy atom. The van der Waals surface area contributed by atoms with Gasteiger partial charge in [0, 0.05) is 22.7 Å². The van der Waals surface area contributed by atoms with E-state index in [-0.39, 0.29) is 5.92 Å². The summed E-state index contributed by atoms with van der Waals surface area (Å²) in [4.78, 5) is 0. The Labute approximate surface area is 106 Å². The van der Waals surface area contributed by atoms with Crippen LogP contribution in [0.2, 0.25) is 5.02 Å². The van der Waals surface area contributed by atoms with Crippen molar-refractivity contribution >= 4 is 17.4 Å². The fourth-order valence-corrected chi connectivity index (χ4v) is 2.32. The molecule has 1 atom stereocenters. The summed E-state index contributed by atoms with van der Waals surface area (Å²) in [6.45, 7) is 2.16. The Bertz CT molecular complexity index is 493. The number of rotatable bonds is 4. The number of halogens is 1. The number of benzene rings is 1. The van der Waals surface area contributed by atoms with Crippen molar-refractivity contribution in [3.63, 3.8) is 0 Å². The van der Waals surface area contributed by atoms with Gasteiger partial charge in [0.05, 0.1) is 0 Å². The fraction of sp³-hybridized carbons (Fsp3) is 0.308. The average molecular weight is 250 g/mol. The van der Waals surface area contributed by atoms with Gasteiger partial charge in [-0.05, 0) is 18.1 Å². The normalized spacial score (nSPS) is 12.6. The van der Waals surface area contributed by atoms with Crippen LogP contribution < -0.4 is 5.73 Å². The van der Waals surface area contributed by atoms with Crippen LogP contribution in [0.4, 0.5) is 5.82 Å². The Balaban J connectivity index is 2.39. The highest BCUT2D eigenvalue weighted by molar-refractivity contribution is 6.31. The molecular weight excluding hydrogens is 234 g/mol. The van der Waals surface area contributed by atoms with Crippen LogP contribution in [0.5, 0.6) is 0 Å². The predicted molar refractivity (Wildman–Crippen MR) is 71.2 cm³/mol. The molecule has 0 spiro atoms. The van der Waals surface area contributed by atoms with Crippen molar-refractivity contribution in [3.8, 4) is 0 Å². The zero-order valence-electron chi connectivity index (χ0n) is 9.78. The van der Waals surface area contributed by atoms with Gasteiger partial charge in [-0.15, -0.1) is 0 Å². The van der Waals surface area contributed by atoms with Crippen LogP contribution in [0.25, 0.3) is 0 Å². The van der Waals surface area contributed by atoms with Crippen LogP contribution in [0.3, 0.4) is 0 Å². The van der Waals surface area contributed by atoms with E-state index in [0.29, 0.717) is 5.82 Å². The molecule has 90 valence electrons. The lowest BCUT2D eigenvalue weighted by molar-refractivity contribution is 0.677. The van der Waals surface area contributed by atoms with Gasteiger partial charge in [-0.1, -0.05) is 43.1 Å². The molecule has 0 aliphatic heterocycles. The molecule has 1 heterocycles. The molecule has 1 aromatic carbocycles. The van der Waals surface area contributed by atoms with Gasteiger partial charge in [0.15, 0.2) is 0 Å². The van der Waals surface area contributed by atoms with Gasteiger partial charge in [-0.25, -0.2) is 0 Å². The molecule has 2 aromatic rings. The minimum atomic E-state index is 0.235. The first-order valence-corrected chi connectivity index (χ1v) is 6.15. The molecule has 4 heteroatoms. The molecule has 1 aromatic heterocycles. The number of nitrogens with two attached hydrogens (primary N) is 1. The van der Waals surface area contributed by atoms with Gasteiger partial charge >= 0.3 is 0 Å². The second kappa shape index (κ2) is 5.23. The summed E-state index contributed by atoms with van der Waals surface area (Å²) in [6, 6.07) is 9.79. The topological polar surface area (TPSA) is 54.7 Å². The molecule has 0 fully saturated rings. The highest BCUT2D eigenvalue weighted by Gasteiger charge is 2.17. The first-order chi connectivity index (χ1) is 8.22. The number of aromatic amines is 1.